The number of hydrogen-bond donors (Lipinski definition) is 2. The molecule has 17 heavy (non-hydrogen) atoms. The highest BCUT2D eigenvalue weighted by molar-refractivity contribution is 4.52. The first-order valence-corrected chi connectivity index (χ1v) is 7.49. The van der Waals surface area contributed by atoms with Gasteiger partial charge in [0.25, 0.3) is 0 Å². The summed E-state index contributed by atoms with van der Waals surface area (Å²) in [4.78, 5) is 0. The largest absolute Gasteiger partial charge is 0.393 e. The number of rotatable bonds is 12. The standard InChI is InChI=1S/C15H32O2/c1-14(16)12-10-8-6-4-3-5-7-9-11-13-15(2)17/h14-17H,3-13H2,1-2H3/t14-,15-/m0/s1. The molecule has 0 fully saturated rings. The molecule has 0 amide bonds. The van der Waals surface area contributed by atoms with Crippen LogP contribution < -0.4 is 0 Å². The minimum atomic E-state index is -0.121. The van der Waals surface area contributed by atoms with E-state index in [-0.39, 0.29) is 12.2 Å². The molecule has 0 unspecified atom stereocenters. The number of aliphatic hydroxyl groups is 2. The fourth-order valence-corrected chi connectivity index (χ4v) is 2.12. The van der Waals surface area contributed by atoms with Crippen LogP contribution in [0.15, 0.2) is 0 Å². The Balaban J connectivity index is 2.94. The highest BCUT2D eigenvalue weighted by Crippen LogP contribution is 2.12. The predicted molar refractivity (Wildman–Crippen MR) is 74.1 cm³/mol. The van der Waals surface area contributed by atoms with E-state index >= 15 is 0 Å². The van der Waals surface area contributed by atoms with Gasteiger partial charge in [0, 0.05) is 0 Å². The molecule has 2 N–H and O–H groups in total. The molecule has 0 aromatic heterocycles. The lowest BCUT2D eigenvalue weighted by molar-refractivity contribution is 0.180. The average Bonchev–Trinajstić information content (AvgIpc) is 2.25. The summed E-state index contributed by atoms with van der Waals surface area (Å²) >= 11 is 0. The second-order valence-electron chi connectivity index (χ2n) is 5.46. The average molecular weight is 244 g/mol. The lowest BCUT2D eigenvalue weighted by atomic mass is 10.0. The van der Waals surface area contributed by atoms with Crippen LogP contribution in [0.3, 0.4) is 0 Å². The van der Waals surface area contributed by atoms with Crippen molar-refractivity contribution in [1.82, 2.24) is 0 Å². The van der Waals surface area contributed by atoms with Crippen molar-refractivity contribution in [2.24, 2.45) is 0 Å². The van der Waals surface area contributed by atoms with Crippen molar-refractivity contribution in [1.29, 1.82) is 0 Å². The van der Waals surface area contributed by atoms with Crippen LogP contribution in [0.5, 0.6) is 0 Å². The molecule has 0 aliphatic heterocycles. The lowest BCUT2D eigenvalue weighted by Crippen LogP contribution is -1.98. The molecule has 0 rings (SSSR count). The molecule has 0 aliphatic carbocycles. The molecule has 2 atom stereocenters. The Hall–Kier alpha value is -0.0800. The van der Waals surface area contributed by atoms with Gasteiger partial charge in [0.05, 0.1) is 12.2 Å². The maximum atomic E-state index is 9.10. The van der Waals surface area contributed by atoms with E-state index in [0.29, 0.717) is 0 Å². The lowest BCUT2D eigenvalue weighted by Gasteiger charge is -2.05. The molecule has 104 valence electrons. The summed E-state index contributed by atoms with van der Waals surface area (Å²) in [5, 5.41) is 18.2. The Morgan fingerprint density at radius 2 is 0.765 bits per heavy atom. The first-order chi connectivity index (χ1) is 8.13. The predicted octanol–water partition coefficient (Wildman–Crippen LogP) is 4.04. The van der Waals surface area contributed by atoms with Crippen LogP contribution in [0, 0.1) is 0 Å². The SMILES string of the molecule is C[C@H](O)CCCCCCCCCCC[C@H](C)O. The Morgan fingerprint density at radius 1 is 0.529 bits per heavy atom. The second kappa shape index (κ2) is 12.4. The van der Waals surface area contributed by atoms with Gasteiger partial charge in [-0.15, -0.1) is 0 Å². The smallest absolute Gasteiger partial charge is 0.0512 e. The van der Waals surface area contributed by atoms with Crippen LogP contribution in [0.2, 0.25) is 0 Å². The van der Waals surface area contributed by atoms with Crippen molar-refractivity contribution >= 4 is 0 Å². The first-order valence-electron chi connectivity index (χ1n) is 7.49. The van der Waals surface area contributed by atoms with Crippen molar-refractivity contribution in [3.63, 3.8) is 0 Å². The van der Waals surface area contributed by atoms with Crippen LogP contribution >= 0.6 is 0 Å². The molecule has 0 heterocycles. The quantitative estimate of drug-likeness (QED) is 0.509. The number of unbranched alkanes of at least 4 members (excludes halogenated alkanes) is 8. The summed E-state index contributed by atoms with van der Waals surface area (Å²) in [5.74, 6) is 0. The number of hydrogen-bond acceptors (Lipinski definition) is 2. The van der Waals surface area contributed by atoms with Gasteiger partial charge in [0.15, 0.2) is 0 Å². The summed E-state index contributed by atoms with van der Waals surface area (Å²) in [6.07, 6.45) is 13.2. The minimum absolute atomic E-state index is 0.121. The molecule has 2 nitrogen and oxygen atoms in total. The van der Waals surface area contributed by atoms with Crippen molar-refractivity contribution in [3.8, 4) is 0 Å². The molecule has 0 aromatic carbocycles. The maximum Gasteiger partial charge on any atom is 0.0512 e. The molecule has 0 aliphatic rings. The fraction of sp³-hybridized carbons (Fsp3) is 1.00. The van der Waals surface area contributed by atoms with Crippen LogP contribution in [0.4, 0.5) is 0 Å². The Labute approximate surface area is 107 Å². The molecular formula is C15H32O2. The molecular weight excluding hydrogens is 212 g/mol. The maximum absolute atomic E-state index is 9.10. The van der Waals surface area contributed by atoms with Crippen molar-refractivity contribution < 1.29 is 10.2 Å². The Kier molecular flexibility index (Phi) is 12.3. The van der Waals surface area contributed by atoms with Gasteiger partial charge in [0.2, 0.25) is 0 Å². The fourth-order valence-electron chi connectivity index (χ4n) is 2.12. The van der Waals surface area contributed by atoms with E-state index in [1.165, 1.54) is 57.8 Å². The van der Waals surface area contributed by atoms with Crippen molar-refractivity contribution in [2.75, 3.05) is 0 Å². The van der Waals surface area contributed by atoms with E-state index in [9.17, 15) is 0 Å². The van der Waals surface area contributed by atoms with Gasteiger partial charge in [-0.1, -0.05) is 57.8 Å². The zero-order chi connectivity index (χ0) is 12.9. The van der Waals surface area contributed by atoms with Gasteiger partial charge in [-0.3, -0.25) is 0 Å². The minimum Gasteiger partial charge on any atom is -0.393 e. The molecule has 0 saturated heterocycles. The summed E-state index contributed by atoms with van der Waals surface area (Å²) in [6, 6.07) is 0. The molecule has 0 bridgehead atoms. The monoisotopic (exact) mass is 244 g/mol. The Morgan fingerprint density at radius 3 is 1.00 bits per heavy atom. The van der Waals surface area contributed by atoms with Crippen LogP contribution in [0.1, 0.15) is 84.5 Å². The zero-order valence-corrected chi connectivity index (χ0v) is 11.8. The second-order valence-corrected chi connectivity index (χ2v) is 5.46. The van der Waals surface area contributed by atoms with Gasteiger partial charge in [-0.05, 0) is 26.7 Å². The van der Waals surface area contributed by atoms with Crippen LogP contribution in [0.25, 0.3) is 0 Å². The molecule has 0 saturated carbocycles. The van der Waals surface area contributed by atoms with Gasteiger partial charge >= 0.3 is 0 Å². The first kappa shape index (κ1) is 16.9. The van der Waals surface area contributed by atoms with E-state index in [0.717, 1.165) is 12.8 Å². The number of aliphatic hydroxyl groups excluding tert-OH is 2. The van der Waals surface area contributed by atoms with Gasteiger partial charge in [-0.2, -0.15) is 0 Å². The highest BCUT2D eigenvalue weighted by atomic mass is 16.3. The van der Waals surface area contributed by atoms with Crippen molar-refractivity contribution in [3.05, 3.63) is 0 Å². The summed E-state index contributed by atoms with van der Waals surface area (Å²) in [7, 11) is 0. The van der Waals surface area contributed by atoms with Crippen LogP contribution in [-0.2, 0) is 0 Å². The third kappa shape index (κ3) is 15.9. The molecule has 0 aromatic rings. The van der Waals surface area contributed by atoms with Gasteiger partial charge < -0.3 is 10.2 Å². The Bertz CT molecular complexity index is 128. The normalized spacial score (nSPS) is 14.8. The zero-order valence-electron chi connectivity index (χ0n) is 11.8. The van der Waals surface area contributed by atoms with E-state index < -0.39 is 0 Å². The summed E-state index contributed by atoms with van der Waals surface area (Å²) in [6.45, 7) is 3.74. The topological polar surface area (TPSA) is 40.5 Å². The van der Waals surface area contributed by atoms with E-state index in [1.54, 1.807) is 0 Å². The summed E-state index contributed by atoms with van der Waals surface area (Å²) < 4.78 is 0. The van der Waals surface area contributed by atoms with E-state index in [2.05, 4.69) is 0 Å². The molecule has 0 spiro atoms. The highest BCUT2D eigenvalue weighted by Gasteiger charge is 1.97. The van der Waals surface area contributed by atoms with Crippen LogP contribution in [-0.4, -0.2) is 22.4 Å². The third-order valence-electron chi connectivity index (χ3n) is 3.24. The van der Waals surface area contributed by atoms with Gasteiger partial charge in [-0.25, -0.2) is 0 Å². The summed E-state index contributed by atoms with van der Waals surface area (Å²) in [5.41, 5.74) is 0. The third-order valence-corrected chi connectivity index (χ3v) is 3.24. The van der Waals surface area contributed by atoms with Gasteiger partial charge in [0.1, 0.15) is 0 Å². The molecule has 2 heteroatoms. The van der Waals surface area contributed by atoms with E-state index in [4.69, 9.17) is 10.2 Å². The molecule has 0 radical (unpaired) electrons. The van der Waals surface area contributed by atoms with Crippen molar-refractivity contribution in [2.45, 2.75) is 96.7 Å². The van der Waals surface area contributed by atoms with E-state index in [1.807, 2.05) is 13.8 Å².